The molecule has 5 atom stereocenters. The summed E-state index contributed by atoms with van der Waals surface area (Å²) >= 11 is 0. The molecule has 0 aromatic heterocycles. The lowest BCUT2D eigenvalue weighted by atomic mass is 9.99. The number of phenolic OH excluding ortho intramolecular Hbond substituents is 1. The third-order valence-electron chi connectivity index (χ3n) is 2.95. The molecule has 1 aromatic rings. The minimum Gasteiger partial charge on any atom is -0.508 e. The van der Waals surface area contributed by atoms with Gasteiger partial charge in [-0.15, -0.1) is 0 Å². The van der Waals surface area contributed by atoms with Crippen LogP contribution in [-0.4, -0.2) is 62.8 Å². The summed E-state index contributed by atoms with van der Waals surface area (Å²) in [7, 11) is 0. The Labute approximate surface area is 109 Å². The highest BCUT2D eigenvalue weighted by Crippen LogP contribution is 2.25. The molecular formula is C12H16O7. The molecule has 0 spiro atoms. The number of aromatic hydroxyl groups is 1. The fourth-order valence-electron chi connectivity index (χ4n) is 1.88. The Balaban J connectivity index is 2.09. The molecule has 1 aliphatic heterocycles. The van der Waals surface area contributed by atoms with Gasteiger partial charge in [0, 0.05) is 0 Å². The zero-order valence-corrected chi connectivity index (χ0v) is 9.96. The van der Waals surface area contributed by atoms with E-state index < -0.39 is 37.3 Å². The van der Waals surface area contributed by atoms with Crippen molar-refractivity contribution in [3.05, 3.63) is 24.3 Å². The van der Waals surface area contributed by atoms with Crippen LogP contribution in [0.4, 0.5) is 0 Å². The van der Waals surface area contributed by atoms with Crippen molar-refractivity contribution in [2.75, 3.05) is 6.61 Å². The minimum atomic E-state index is -1.48. The van der Waals surface area contributed by atoms with Gasteiger partial charge in [-0.3, -0.25) is 0 Å². The van der Waals surface area contributed by atoms with E-state index in [1.165, 1.54) is 24.3 Å². The highest BCUT2D eigenvalue weighted by atomic mass is 16.7. The fourth-order valence-corrected chi connectivity index (χ4v) is 1.88. The van der Waals surface area contributed by atoms with Gasteiger partial charge in [-0.25, -0.2) is 0 Å². The topological polar surface area (TPSA) is 120 Å². The van der Waals surface area contributed by atoms with E-state index in [9.17, 15) is 15.3 Å². The predicted molar refractivity (Wildman–Crippen MR) is 62.5 cm³/mol. The Morgan fingerprint density at radius 1 is 1.05 bits per heavy atom. The SMILES string of the molecule is OC[C@H]1O[C@H](O)[C@H](Oc2ccc(O)cc2)[C@@H](O)[C@@H]1O. The molecule has 0 amide bonds. The van der Waals surface area contributed by atoms with E-state index in [0.717, 1.165) is 0 Å². The molecule has 7 heteroatoms. The van der Waals surface area contributed by atoms with Crippen molar-refractivity contribution in [2.45, 2.75) is 30.7 Å². The molecule has 0 unspecified atom stereocenters. The number of hydrogen-bond donors (Lipinski definition) is 5. The molecule has 1 aliphatic rings. The molecule has 19 heavy (non-hydrogen) atoms. The smallest absolute Gasteiger partial charge is 0.195 e. The third-order valence-corrected chi connectivity index (χ3v) is 2.95. The Bertz CT molecular complexity index is 407. The first-order valence-corrected chi connectivity index (χ1v) is 5.79. The fraction of sp³-hybridized carbons (Fsp3) is 0.500. The second-order valence-electron chi connectivity index (χ2n) is 4.31. The van der Waals surface area contributed by atoms with Crippen LogP contribution in [0.1, 0.15) is 0 Å². The van der Waals surface area contributed by atoms with Crippen LogP contribution in [0, 0.1) is 0 Å². The Hall–Kier alpha value is -1.38. The zero-order chi connectivity index (χ0) is 14.0. The van der Waals surface area contributed by atoms with Crippen molar-refractivity contribution in [3.63, 3.8) is 0 Å². The Morgan fingerprint density at radius 2 is 1.68 bits per heavy atom. The quantitative estimate of drug-likeness (QED) is 0.457. The van der Waals surface area contributed by atoms with Gasteiger partial charge in [-0.1, -0.05) is 0 Å². The summed E-state index contributed by atoms with van der Waals surface area (Å²) in [6, 6.07) is 5.65. The van der Waals surface area contributed by atoms with Gasteiger partial charge in [0.15, 0.2) is 12.4 Å². The number of aliphatic hydroxyl groups excluding tert-OH is 4. The summed E-state index contributed by atoms with van der Waals surface area (Å²) < 4.78 is 10.3. The summed E-state index contributed by atoms with van der Waals surface area (Å²) in [5.41, 5.74) is 0. The molecule has 1 aromatic carbocycles. The number of hydrogen-bond acceptors (Lipinski definition) is 7. The highest BCUT2D eigenvalue weighted by Gasteiger charge is 2.45. The largest absolute Gasteiger partial charge is 0.508 e. The van der Waals surface area contributed by atoms with Gasteiger partial charge >= 0.3 is 0 Å². The van der Waals surface area contributed by atoms with Crippen LogP contribution in [0.25, 0.3) is 0 Å². The first-order valence-electron chi connectivity index (χ1n) is 5.79. The van der Waals surface area contributed by atoms with Crippen LogP contribution in [0.15, 0.2) is 24.3 Å². The number of benzene rings is 1. The van der Waals surface area contributed by atoms with Crippen molar-refractivity contribution < 1.29 is 35.0 Å². The Morgan fingerprint density at radius 3 is 2.26 bits per heavy atom. The van der Waals surface area contributed by atoms with Crippen molar-refractivity contribution in [3.8, 4) is 11.5 Å². The maximum absolute atomic E-state index is 9.85. The first kappa shape index (κ1) is 14.0. The van der Waals surface area contributed by atoms with Crippen LogP contribution in [0.5, 0.6) is 11.5 Å². The number of ether oxygens (including phenoxy) is 2. The monoisotopic (exact) mass is 272 g/mol. The highest BCUT2D eigenvalue weighted by molar-refractivity contribution is 5.30. The zero-order valence-electron chi connectivity index (χ0n) is 9.96. The van der Waals surface area contributed by atoms with Crippen LogP contribution >= 0.6 is 0 Å². The van der Waals surface area contributed by atoms with Crippen LogP contribution < -0.4 is 4.74 Å². The molecule has 0 saturated carbocycles. The van der Waals surface area contributed by atoms with Gasteiger partial charge < -0.3 is 35.0 Å². The van der Waals surface area contributed by atoms with Gasteiger partial charge in [-0.05, 0) is 24.3 Å². The molecule has 1 fully saturated rings. The average molecular weight is 272 g/mol. The molecule has 0 bridgehead atoms. The van der Waals surface area contributed by atoms with Gasteiger partial charge in [0.05, 0.1) is 6.61 Å². The molecular weight excluding hydrogens is 256 g/mol. The number of rotatable bonds is 3. The standard InChI is InChI=1S/C12H16O7/c13-5-8-9(15)10(16)11(12(17)19-8)18-7-3-1-6(14)2-4-7/h1-4,8-17H,5H2/t8-,9-,10+,11-,12+/m1/s1. The van der Waals surface area contributed by atoms with Crippen LogP contribution in [0.3, 0.4) is 0 Å². The van der Waals surface area contributed by atoms with Crippen molar-refractivity contribution in [1.82, 2.24) is 0 Å². The minimum absolute atomic E-state index is 0.0497. The molecule has 2 rings (SSSR count). The van der Waals surface area contributed by atoms with E-state index in [-0.39, 0.29) is 5.75 Å². The van der Waals surface area contributed by atoms with E-state index >= 15 is 0 Å². The molecule has 1 heterocycles. The third kappa shape index (κ3) is 2.96. The molecule has 0 radical (unpaired) electrons. The van der Waals surface area contributed by atoms with Gasteiger partial charge in [0.2, 0.25) is 0 Å². The molecule has 5 N–H and O–H groups in total. The van der Waals surface area contributed by atoms with E-state index in [1.54, 1.807) is 0 Å². The number of phenols is 1. The van der Waals surface area contributed by atoms with Crippen LogP contribution in [0.2, 0.25) is 0 Å². The van der Waals surface area contributed by atoms with Crippen molar-refractivity contribution in [1.29, 1.82) is 0 Å². The van der Waals surface area contributed by atoms with E-state index in [0.29, 0.717) is 5.75 Å². The summed E-state index contributed by atoms with van der Waals surface area (Å²) in [5, 5.41) is 47.3. The van der Waals surface area contributed by atoms with E-state index in [1.807, 2.05) is 0 Å². The summed E-state index contributed by atoms with van der Waals surface area (Å²) in [5.74, 6) is 0.341. The first-order chi connectivity index (χ1) is 9.02. The lowest BCUT2D eigenvalue weighted by Crippen LogP contribution is -2.60. The maximum Gasteiger partial charge on any atom is 0.195 e. The van der Waals surface area contributed by atoms with E-state index in [2.05, 4.69) is 0 Å². The number of aliphatic hydroxyl groups is 4. The predicted octanol–water partition coefficient (Wildman–Crippen LogP) is -1.43. The van der Waals surface area contributed by atoms with Gasteiger partial charge in [-0.2, -0.15) is 0 Å². The average Bonchev–Trinajstić information content (AvgIpc) is 2.41. The second-order valence-corrected chi connectivity index (χ2v) is 4.31. The molecule has 0 aliphatic carbocycles. The summed E-state index contributed by atoms with van der Waals surface area (Å²) in [6.07, 6.45) is -6.51. The molecule has 1 saturated heterocycles. The van der Waals surface area contributed by atoms with Crippen LogP contribution in [-0.2, 0) is 4.74 Å². The summed E-state index contributed by atoms with van der Waals surface area (Å²) in [4.78, 5) is 0. The van der Waals surface area contributed by atoms with Crippen molar-refractivity contribution in [2.24, 2.45) is 0 Å². The maximum atomic E-state index is 9.85. The Kier molecular flexibility index (Phi) is 4.23. The molecule has 7 nitrogen and oxygen atoms in total. The lowest BCUT2D eigenvalue weighted by Gasteiger charge is -2.39. The van der Waals surface area contributed by atoms with Gasteiger partial charge in [0.25, 0.3) is 0 Å². The molecule has 106 valence electrons. The van der Waals surface area contributed by atoms with Crippen molar-refractivity contribution >= 4 is 0 Å². The lowest BCUT2D eigenvalue weighted by molar-refractivity contribution is -0.280. The van der Waals surface area contributed by atoms with E-state index in [4.69, 9.17) is 19.7 Å². The van der Waals surface area contributed by atoms with Gasteiger partial charge in [0.1, 0.15) is 29.8 Å². The normalized spacial score (nSPS) is 35.1. The summed E-state index contributed by atoms with van der Waals surface area (Å²) in [6.45, 7) is -0.527. The second kappa shape index (κ2) is 5.72.